The Morgan fingerprint density at radius 3 is 2.63 bits per heavy atom. The highest BCUT2D eigenvalue weighted by Crippen LogP contribution is 2.34. The summed E-state index contributed by atoms with van der Waals surface area (Å²) in [6.45, 7) is 1.86. The molecule has 0 aliphatic carbocycles. The zero-order chi connectivity index (χ0) is 19.7. The number of benzene rings is 2. The van der Waals surface area contributed by atoms with E-state index in [0.29, 0.717) is 25.5 Å². The van der Waals surface area contributed by atoms with Crippen molar-refractivity contribution in [3.8, 4) is 0 Å². The molecular formula is C18H11Cl3N2O2S2. The molecule has 2 aromatic carbocycles. The second kappa shape index (κ2) is 8.20. The first-order chi connectivity index (χ1) is 12.8. The van der Waals surface area contributed by atoms with E-state index >= 15 is 0 Å². The van der Waals surface area contributed by atoms with Crippen LogP contribution in [0, 0.1) is 6.92 Å². The maximum atomic E-state index is 12.6. The van der Waals surface area contributed by atoms with Crippen LogP contribution in [0.2, 0.25) is 15.1 Å². The SMILES string of the molecule is Cc1ccc(C(=O)NN2C(=O)/C(=C\c3cccc(Cl)c3Cl)SC2=S)c(Cl)c1. The van der Waals surface area contributed by atoms with E-state index in [1.165, 1.54) is 0 Å². The molecule has 0 spiro atoms. The molecule has 27 heavy (non-hydrogen) atoms. The number of thioether (sulfide) groups is 1. The Morgan fingerprint density at radius 2 is 1.93 bits per heavy atom. The van der Waals surface area contributed by atoms with Crippen LogP contribution in [0.25, 0.3) is 6.08 Å². The van der Waals surface area contributed by atoms with Gasteiger partial charge in [-0.1, -0.05) is 64.8 Å². The van der Waals surface area contributed by atoms with Crippen molar-refractivity contribution < 1.29 is 9.59 Å². The fraction of sp³-hybridized carbons (Fsp3) is 0.0556. The number of carbonyl (C=O) groups excluding carboxylic acids is 2. The molecule has 2 amide bonds. The molecule has 1 saturated heterocycles. The Labute approximate surface area is 180 Å². The highest BCUT2D eigenvalue weighted by molar-refractivity contribution is 8.26. The quantitative estimate of drug-likeness (QED) is 0.488. The van der Waals surface area contributed by atoms with E-state index in [0.717, 1.165) is 22.3 Å². The molecule has 0 bridgehead atoms. The van der Waals surface area contributed by atoms with Gasteiger partial charge in [-0.2, -0.15) is 5.01 Å². The normalized spacial score (nSPS) is 15.6. The van der Waals surface area contributed by atoms with Gasteiger partial charge in [-0.05, 0) is 54.5 Å². The van der Waals surface area contributed by atoms with Crippen LogP contribution in [0.15, 0.2) is 41.3 Å². The average Bonchev–Trinajstić information content (AvgIpc) is 2.86. The Kier molecular flexibility index (Phi) is 6.13. The van der Waals surface area contributed by atoms with Gasteiger partial charge in [0.25, 0.3) is 11.8 Å². The lowest BCUT2D eigenvalue weighted by Crippen LogP contribution is -2.44. The van der Waals surface area contributed by atoms with Crippen LogP contribution in [0.4, 0.5) is 0 Å². The predicted octanol–water partition coefficient (Wildman–Crippen LogP) is 5.50. The Bertz CT molecular complexity index is 1010. The Morgan fingerprint density at radius 1 is 1.19 bits per heavy atom. The smallest absolute Gasteiger partial charge is 0.267 e. The number of hydrazine groups is 1. The van der Waals surface area contributed by atoms with Gasteiger partial charge in [0.05, 0.1) is 25.5 Å². The minimum Gasteiger partial charge on any atom is -0.267 e. The molecule has 1 N–H and O–H groups in total. The van der Waals surface area contributed by atoms with Crippen LogP contribution in [0.3, 0.4) is 0 Å². The lowest BCUT2D eigenvalue weighted by Gasteiger charge is -2.16. The number of aryl methyl sites for hydroxylation is 1. The fourth-order valence-electron chi connectivity index (χ4n) is 2.30. The summed E-state index contributed by atoms with van der Waals surface area (Å²) < 4.78 is 0.195. The van der Waals surface area contributed by atoms with Crippen molar-refractivity contribution in [2.45, 2.75) is 6.92 Å². The minimum atomic E-state index is -0.529. The molecule has 0 aromatic heterocycles. The maximum absolute atomic E-state index is 12.6. The van der Waals surface area contributed by atoms with Crippen molar-refractivity contribution in [1.29, 1.82) is 0 Å². The van der Waals surface area contributed by atoms with E-state index in [9.17, 15) is 9.59 Å². The number of hydrogen-bond donors (Lipinski definition) is 1. The summed E-state index contributed by atoms with van der Waals surface area (Å²) in [5, 5.41) is 2.02. The lowest BCUT2D eigenvalue weighted by molar-refractivity contribution is -0.123. The third kappa shape index (κ3) is 4.31. The number of carbonyl (C=O) groups is 2. The molecule has 0 unspecified atom stereocenters. The van der Waals surface area contributed by atoms with Gasteiger partial charge in [0, 0.05) is 0 Å². The van der Waals surface area contributed by atoms with Gasteiger partial charge in [0.1, 0.15) is 0 Å². The van der Waals surface area contributed by atoms with Crippen molar-refractivity contribution in [1.82, 2.24) is 10.4 Å². The summed E-state index contributed by atoms with van der Waals surface area (Å²) in [5.41, 5.74) is 4.24. The van der Waals surface area contributed by atoms with E-state index in [1.807, 2.05) is 6.92 Å². The molecule has 9 heteroatoms. The molecule has 0 saturated carbocycles. The molecule has 1 aliphatic rings. The van der Waals surface area contributed by atoms with Crippen molar-refractivity contribution in [2.24, 2.45) is 0 Å². The van der Waals surface area contributed by atoms with Crippen LogP contribution >= 0.6 is 58.8 Å². The minimum absolute atomic E-state index is 0.195. The topological polar surface area (TPSA) is 49.4 Å². The number of thiocarbonyl (C=S) groups is 1. The largest absolute Gasteiger partial charge is 0.285 e. The number of nitrogens with one attached hydrogen (secondary N) is 1. The number of rotatable bonds is 3. The van der Waals surface area contributed by atoms with Crippen molar-refractivity contribution >= 4 is 81.0 Å². The molecule has 0 atom stereocenters. The molecule has 1 fully saturated rings. The second-order valence-corrected chi connectivity index (χ2v) is 8.45. The van der Waals surface area contributed by atoms with Gasteiger partial charge in [-0.15, -0.1) is 0 Å². The number of amides is 2. The summed E-state index contributed by atoms with van der Waals surface area (Å²) in [6.07, 6.45) is 1.58. The predicted molar refractivity (Wildman–Crippen MR) is 115 cm³/mol. The monoisotopic (exact) mass is 456 g/mol. The van der Waals surface area contributed by atoms with E-state index in [4.69, 9.17) is 47.0 Å². The molecule has 4 nitrogen and oxygen atoms in total. The first-order valence-electron chi connectivity index (χ1n) is 7.57. The van der Waals surface area contributed by atoms with E-state index in [1.54, 1.807) is 42.5 Å². The Hall–Kier alpha value is -1.57. The van der Waals surface area contributed by atoms with Crippen molar-refractivity contribution in [2.75, 3.05) is 0 Å². The van der Waals surface area contributed by atoms with E-state index < -0.39 is 11.8 Å². The molecule has 0 radical (unpaired) electrons. The molecule has 3 rings (SSSR count). The number of hydrogen-bond acceptors (Lipinski definition) is 4. The fourth-order valence-corrected chi connectivity index (χ4v) is 4.16. The zero-order valence-electron chi connectivity index (χ0n) is 13.8. The van der Waals surface area contributed by atoms with Gasteiger partial charge >= 0.3 is 0 Å². The van der Waals surface area contributed by atoms with Crippen molar-refractivity contribution in [3.63, 3.8) is 0 Å². The lowest BCUT2D eigenvalue weighted by atomic mass is 10.1. The number of nitrogens with zero attached hydrogens (tertiary/aromatic N) is 1. The zero-order valence-corrected chi connectivity index (χ0v) is 17.7. The van der Waals surface area contributed by atoms with Gasteiger partial charge in [-0.3, -0.25) is 15.0 Å². The van der Waals surface area contributed by atoms with E-state index in [2.05, 4.69) is 5.43 Å². The van der Waals surface area contributed by atoms with Crippen LogP contribution in [-0.2, 0) is 4.79 Å². The highest BCUT2D eigenvalue weighted by Gasteiger charge is 2.34. The molecule has 138 valence electrons. The molecule has 1 heterocycles. The summed E-state index contributed by atoms with van der Waals surface area (Å²) >= 11 is 24.5. The Balaban J connectivity index is 1.83. The molecule has 1 aliphatic heterocycles. The van der Waals surface area contributed by atoms with Gasteiger partial charge < -0.3 is 0 Å². The average molecular weight is 458 g/mol. The summed E-state index contributed by atoms with van der Waals surface area (Å²) in [5.74, 6) is -0.990. The summed E-state index contributed by atoms with van der Waals surface area (Å²) in [4.78, 5) is 25.4. The van der Waals surface area contributed by atoms with Crippen LogP contribution in [0.5, 0.6) is 0 Å². The first-order valence-corrected chi connectivity index (χ1v) is 9.93. The summed E-state index contributed by atoms with van der Waals surface area (Å²) in [6, 6.07) is 10.1. The summed E-state index contributed by atoms with van der Waals surface area (Å²) in [7, 11) is 0. The van der Waals surface area contributed by atoms with Crippen LogP contribution < -0.4 is 5.43 Å². The van der Waals surface area contributed by atoms with Gasteiger partial charge in [0.2, 0.25) is 0 Å². The first kappa shape index (κ1) is 20.2. The molecule has 2 aromatic rings. The molecular weight excluding hydrogens is 447 g/mol. The van der Waals surface area contributed by atoms with Crippen LogP contribution in [-0.4, -0.2) is 21.1 Å². The number of halogens is 3. The van der Waals surface area contributed by atoms with Gasteiger partial charge in [0.15, 0.2) is 4.32 Å². The van der Waals surface area contributed by atoms with Crippen LogP contribution in [0.1, 0.15) is 21.5 Å². The van der Waals surface area contributed by atoms with E-state index in [-0.39, 0.29) is 9.88 Å². The van der Waals surface area contributed by atoms with Gasteiger partial charge in [-0.25, -0.2) is 0 Å². The highest BCUT2D eigenvalue weighted by atomic mass is 35.5. The standard InChI is InChI=1S/C18H11Cl3N2O2S2/c1-9-5-6-11(13(20)7-9)16(24)22-23-17(25)14(27-18(23)26)8-10-3-2-4-12(19)15(10)21/h2-8H,1H3,(H,22,24)/b14-8+. The third-order valence-electron chi connectivity index (χ3n) is 3.64. The maximum Gasteiger partial charge on any atom is 0.285 e. The van der Waals surface area contributed by atoms with Crippen molar-refractivity contribution in [3.05, 3.63) is 73.1 Å². The third-order valence-corrected chi connectivity index (χ3v) is 6.09. The second-order valence-electron chi connectivity index (χ2n) is 5.58.